The standard InChI is InChI=1S/C14H20N2S.C2H6/c1-10(2)12-6-4-5-7-13(12)16-14-15-8-11(3)9-17-14;1-2/h4-7,10-11H,8-9H2,1-3H3,(H,15,16);1-2H3. The SMILES string of the molecule is CC.CC1CN=C(Nc2ccccc2C(C)C)SC1. The lowest BCUT2D eigenvalue weighted by atomic mass is 10.0. The molecule has 1 atom stereocenters. The van der Waals surface area contributed by atoms with Crippen LogP contribution in [0.4, 0.5) is 5.69 Å². The molecule has 1 aromatic carbocycles. The first-order valence-electron chi connectivity index (χ1n) is 7.20. The number of nitrogens with one attached hydrogen (secondary N) is 1. The van der Waals surface area contributed by atoms with Gasteiger partial charge in [0.15, 0.2) is 5.17 Å². The highest BCUT2D eigenvalue weighted by atomic mass is 32.2. The van der Waals surface area contributed by atoms with Crippen molar-refractivity contribution in [2.24, 2.45) is 10.9 Å². The van der Waals surface area contributed by atoms with Gasteiger partial charge in [-0.2, -0.15) is 0 Å². The molecule has 0 saturated heterocycles. The topological polar surface area (TPSA) is 24.4 Å². The van der Waals surface area contributed by atoms with E-state index in [0.717, 1.165) is 17.5 Å². The summed E-state index contributed by atoms with van der Waals surface area (Å²) in [5.41, 5.74) is 2.55. The molecule has 1 aliphatic rings. The van der Waals surface area contributed by atoms with Crippen LogP contribution in [0.2, 0.25) is 0 Å². The number of anilines is 1. The fraction of sp³-hybridized carbons (Fsp3) is 0.562. The molecule has 106 valence electrons. The minimum absolute atomic E-state index is 0.534. The zero-order valence-corrected chi connectivity index (χ0v) is 13.6. The van der Waals surface area contributed by atoms with Gasteiger partial charge in [-0.15, -0.1) is 0 Å². The molecule has 0 amide bonds. The quantitative estimate of drug-likeness (QED) is 0.824. The summed E-state index contributed by atoms with van der Waals surface area (Å²) in [7, 11) is 0. The van der Waals surface area contributed by atoms with Crippen LogP contribution < -0.4 is 5.32 Å². The van der Waals surface area contributed by atoms with Crippen LogP contribution in [-0.4, -0.2) is 17.5 Å². The van der Waals surface area contributed by atoms with E-state index in [1.165, 1.54) is 11.3 Å². The Labute approximate surface area is 122 Å². The summed E-state index contributed by atoms with van der Waals surface area (Å²) in [6.07, 6.45) is 0. The van der Waals surface area contributed by atoms with Gasteiger partial charge in [-0.3, -0.25) is 4.99 Å². The van der Waals surface area contributed by atoms with Gasteiger partial charge in [0.1, 0.15) is 0 Å². The van der Waals surface area contributed by atoms with Crippen LogP contribution in [0.1, 0.15) is 46.1 Å². The van der Waals surface area contributed by atoms with Gasteiger partial charge in [-0.25, -0.2) is 0 Å². The van der Waals surface area contributed by atoms with E-state index in [1.54, 1.807) is 0 Å². The zero-order chi connectivity index (χ0) is 14.3. The Bertz CT molecular complexity index is 413. The number of para-hydroxylation sites is 1. The number of aliphatic imine (C=N–C) groups is 1. The zero-order valence-electron chi connectivity index (χ0n) is 12.7. The molecule has 1 aromatic rings. The molecule has 1 N–H and O–H groups in total. The van der Waals surface area contributed by atoms with Crippen LogP contribution in [0.3, 0.4) is 0 Å². The first kappa shape index (κ1) is 16.1. The molecule has 1 unspecified atom stereocenters. The Balaban J connectivity index is 0.000000861. The molecular weight excluding hydrogens is 252 g/mol. The van der Waals surface area contributed by atoms with Crippen LogP contribution >= 0.6 is 11.8 Å². The highest BCUT2D eigenvalue weighted by Crippen LogP contribution is 2.26. The van der Waals surface area contributed by atoms with Crippen molar-refractivity contribution >= 4 is 22.6 Å². The molecule has 19 heavy (non-hydrogen) atoms. The van der Waals surface area contributed by atoms with E-state index < -0.39 is 0 Å². The predicted octanol–water partition coefficient (Wildman–Crippen LogP) is 4.99. The second-order valence-corrected chi connectivity index (χ2v) is 5.94. The average molecular weight is 278 g/mol. The van der Waals surface area contributed by atoms with Crippen LogP contribution in [0.25, 0.3) is 0 Å². The van der Waals surface area contributed by atoms with Crippen molar-refractivity contribution in [1.82, 2.24) is 0 Å². The number of rotatable bonds is 2. The minimum Gasteiger partial charge on any atom is -0.335 e. The molecule has 2 rings (SSSR count). The van der Waals surface area contributed by atoms with Crippen LogP contribution in [-0.2, 0) is 0 Å². The lowest BCUT2D eigenvalue weighted by Gasteiger charge is -2.20. The lowest BCUT2D eigenvalue weighted by molar-refractivity contribution is 0.674. The van der Waals surface area contributed by atoms with Crippen molar-refractivity contribution in [3.63, 3.8) is 0 Å². The van der Waals surface area contributed by atoms with Gasteiger partial charge >= 0.3 is 0 Å². The third kappa shape index (κ3) is 4.90. The number of nitrogens with zero attached hydrogens (tertiary/aromatic N) is 1. The van der Waals surface area contributed by atoms with E-state index in [1.807, 2.05) is 25.6 Å². The molecule has 0 aliphatic carbocycles. The summed E-state index contributed by atoms with van der Waals surface area (Å²) in [6, 6.07) is 8.49. The number of thioether (sulfide) groups is 1. The molecule has 1 aliphatic heterocycles. The highest BCUT2D eigenvalue weighted by molar-refractivity contribution is 8.14. The van der Waals surface area contributed by atoms with Gasteiger partial charge in [0, 0.05) is 18.0 Å². The molecule has 1 heterocycles. The summed E-state index contributed by atoms with van der Waals surface area (Å²) in [5, 5.41) is 4.53. The van der Waals surface area contributed by atoms with Crippen molar-refractivity contribution in [3.8, 4) is 0 Å². The lowest BCUT2D eigenvalue weighted by Crippen LogP contribution is -2.19. The largest absolute Gasteiger partial charge is 0.335 e. The van der Waals surface area contributed by atoms with Crippen molar-refractivity contribution in [2.75, 3.05) is 17.6 Å². The van der Waals surface area contributed by atoms with E-state index in [4.69, 9.17) is 0 Å². The van der Waals surface area contributed by atoms with Gasteiger partial charge in [-0.05, 0) is 23.5 Å². The summed E-state index contributed by atoms with van der Waals surface area (Å²) < 4.78 is 0. The summed E-state index contributed by atoms with van der Waals surface area (Å²) in [5.74, 6) is 2.40. The van der Waals surface area contributed by atoms with Gasteiger partial charge in [0.05, 0.1) is 0 Å². The number of hydrogen-bond acceptors (Lipinski definition) is 3. The van der Waals surface area contributed by atoms with Crippen molar-refractivity contribution < 1.29 is 0 Å². The van der Waals surface area contributed by atoms with Crippen molar-refractivity contribution in [3.05, 3.63) is 29.8 Å². The molecular formula is C16H26N2S. The Morgan fingerprint density at radius 2 is 1.95 bits per heavy atom. The van der Waals surface area contributed by atoms with Gasteiger partial charge in [0.2, 0.25) is 0 Å². The maximum Gasteiger partial charge on any atom is 0.161 e. The molecule has 0 saturated carbocycles. The molecule has 3 heteroatoms. The third-order valence-electron chi connectivity index (χ3n) is 2.88. The average Bonchev–Trinajstić information content (AvgIpc) is 2.44. The van der Waals surface area contributed by atoms with E-state index in [0.29, 0.717) is 11.8 Å². The van der Waals surface area contributed by atoms with Crippen LogP contribution in [0.15, 0.2) is 29.3 Å². The fourth-order valence-corrected chi connectivity index (χ4v) is 2.76. The van der Waals surface area contributed by atoms with E-state index in [2.05, 4.69) is 55.3 Å². The Hall–Kier alpha value is -0.960. The smallest absolute Gasteiger partial charge is 0.161 e. The molecule has 0 bridgehead atoms. The highest BCUT2D eigenvalue weighted by Gasteiger charge is 2.13. The minimum atomic E-state index is 0.534. The second kappa shape index (κ2) is 8.26. The third-order valence-corrected chi connectivity index (χ3v) is 4.12. The molecule has 0 aromatic heterocycles. The van der Waals surface area contributed by atoms with Crippen molar-refractivity contribution in [2.45, 2.75) is 40.5 Å². The Morgan fingerprint density at radius 3 is 2.53 bits per heavy atom. The molecule has 2 nitrogen and oxygen atoms in total. The number of hydrogen-bond donors (Lipinski definition) is 1. The second-order valence-electron chi connectivity index (χ2n) is 4.93. The van der Waals surface area contributed by atoms with E-state index in [-0.39, 0.29) is 0 Å². The van der Waals surface area contributed by atoms with Crippen LogP contribution in [0, 0.1) is 5.92 Å². The van der Waals surface area contributed by atoms with Gasteiger partial charge in [0.25, 0.3) is 0 Å². The maximum absolute atomic E-state index is 4.57. The predicted molar refractivity (Wildman–Crippen MR) is 89.4 cm³/mol. The normalized spacial score (nSPS) is 18.4. The number of benzene rings is 1. The summed E-state index contributed by atoms with van der Waals surface area (Å²) >= 11 is 1.83. The summed E-state index contributed by atoms with van der Waals surface area (Å²) in [4.78, 5) is 4.57. The Kier molecular flexibility index (Phi) is 7.00. The first-order chi connectivity index (χ1) is 9.16. The maximum atomic E-state index is 4.57. The molecule has 0 fully saturated rings. The van der Waals surface area contributed by atoms with E-state index >= 15 is 0 Å². The van der Waals surface area contributed by atoms with E-state index in [9.17, 15) is 0 Å². The Morgan fingerprint density at radius 1 is 1.26 bits per heavy atom. The van der Waals surface area contributed by atoms with Crippen LogP contribution in [0.5, 0.6) is 0 Å². The molecule has 0 spiro atoms. The van der Waals surface area contributed by atoms with Crippen molar-refractivity contribution in [1.29, 1.82) is 0 Å². The molecule has 0 radical (unpaired) electrons. The number of amidine groups is 1. The summed E-state index contributed by atoms with van der Waals surface area (Å²) in [6.45, 7) is 11.6. The fourth-order valence-electron chi connectivity index (χ4n) is 1.86. The first-order valence-corrected chi connectivity index (χ1v) is 8.18. The van der Waals surface area contributed by atoms with Gasteiger partial charge < -0.3 is 5.32 Å². The monoisotopic (exact) mass is 278 g/mol. The van der Waals surface area contributed by atoms with Gasteiger partial charge in [-0.1, -0.05) is 64.6 Å².